The van der Waals surface area contributed by atoms with Crippen LogP contribution in [0.2, 0.25) is 0 Å². The molecule has 2 heterocycles. The average Bonchev–Trinajstić information content (AvgIpc) is 2.63. The molecule has 0 N–H and O–H groups in total. The summed E-state index contributed by atoms with van der Waals surface area (Å²) in [6.07, 6.45) is 10.9. The zero-order chi connectivity index (χ0) is 16.7. The molecule has 24 heavy (non-hydrogen) atoms. The summed E-state index contributed by atoms with van der Waals surface area (Å²) in [5.74, 6) is 1.89. The third kappa shape index (κ3) is 2.68. The molecule has 3 aliphatic rings. The first-order chi connectivity index (χ1) is 11.6. The third-order valence-corrected chi connectivity index (χ3v) is 6.49. The Morgan fingerprint density at radius 3 is 2.83 bits per heavy atom. The molecule has 1 aliphatic heterocycles. The van der Waals surface area contributed by atoms with E-state index in [-0.39, 0.29) is 11.5 Å². The highest BCUT2D eigenvalue weighted by Gasteiger charge is 2.40. The van der Waals surface area contributed by atoms with Gasteiger partial charge in [-0.3, -0.25) is 9.59 Å². The lowest BCUT2D eigenvalue weighted by atomic mass is 9.65. The van der Waals surface area contributed by atoms with Gasteiger partial charge in [-0.05, 0) is 31.1 Å². The molecule has 0 radical (unpaired) electrons. The van der Waals surface area contributed by atoms with Crippen molar-refractivity contribution < 1.29 is 4.79 Å². The number of nitrogens with zero attached hydrogens (tertiary/aromatic N) is 3. The summed E-state index contributed by atoms with van der Waals surface area (Å²) < 4.78 is 1.53. The van der Waals surface area contributed by atoms with Gasteiger partial charge in [0.25, 0.3) is 5.56 Å². The Bertz CT molecular complexity index is 694. The minimum atomic E-state index is 0.0390. The summed E-state index contributed by atoms with van der Waals surface area (Å²) >= 11 is 0. The van der Waals surface area contributed by atoms with E-state index in [1.807, 2.05) is 4.90 Å². The lowest BCUT2D eigenvalue weighted by Crippen LogP contribution is -2.46. The molecule has 1 amide bonds. The van der Waals surface area contributed by atoms with Crippen molar-refractivity contribution in [1.29, 1.82) is 0 Å². The van der Waals surface area contributed by atoms with Crippen LogP contribution in [0.5, 0.6) is 0 Å². The molecule has 0 saturated heterocycles. The van der Waals surface area contributed by atoms with E-state index in [4.69, 9.17) is 0 Å². The van der Waals surface area contributed by atoms with Crippen molar-refractivity contribution in [1.82, 2.24) is 14.5 Å². The van der Waals surface area contributed by atoms with Crippen LogP contribution in [-0.2, 0) is 24.8 Å². The van der Waals surface area contributed by atoms with Gasteiger partial charge in [-0.15, -0.1) is 0 Å². The quantitative estimate of drug-likeness (QED) is 0.794. The topological polar surface area (TPSA) is 55.2 Å². The summed E-state index contributed by atoms with van der Waals surface area (Å²) in [5.41, 5.74) is 1.63. The normalized spacial score (nSPS) is 29.7. The van der Waals surface area contributed by atoms with Crippen LogP contribution in [0.4, 0.5) is 0 Å². The van der Waals surface area contributed by atoms with Gasteiger partial charge in [0, 0.05) is 25.1 Å². The van der Waals surface area contributed by atoms with E-state index in [2.05, 4.69) is 4.98 Å². The van der Waals surface area contributed by atoms with Gasteiger partial charge in [0.15, 0.2) is 0 Å². The molecule has 1 aromatic rings. The standard InChI is InChI=1S/C19H27N3O2/c1-21-12-20-17-11-22(10-9-16(17)18(21)23)19(24)15-8-4-6-13-5-2-3-7-14(13)15/h12-15H,2-11H2,1H3/t13-,14+,15+/m0/s1. The summed E-state index contributed by atoms with van der Waals surface area (Å²) in [4.78, 5) is 31.8. The molecule has 0 bridgehead atoms. The number of hydrogen-bond donors (Lipinski definition) is 0. The Morgan fingerprint density at radius 1 is 1.17 bits per heavy atom. The predicted molar refractivity (Wildman–Crippen MR) is 91.4 cm³/mol. The van der Waals surface area contributed by atoms with Gasteiger partial charge in [-0.25, -0.2) is 4.98 Å². The number of carbonyl (C=O) groups excluding carboxylic acids is 1. The molecule has 2 fully saturated rings. The van der Waals surface area contributed by atoms with Crippen molar-refractivity contribution in [2.24, 2.45) is 24.8 Å². The van der Waals surface area contributed by atoms with Crippen molar-refractivity contribution in [3.05, 3.63) is 27.9 Å². The average molecular weight is 329 g/mol. The van der Waals surface area contributed by atoms with Crippen LogP contribution in [0, 0.1) is 17.8 Å². The minimum Gasteiger partial charge on any atom is -0.336 e. The van der Waals surface area contributed by atoms with Crippen LogP contribution in [0.25, 0.3) is 0 Å². The Morgan fingerprint density at radius 2 is 1.96 bits per heavy atom. The minimum absolute atomic E-state index is 0.0390. The van der Waals surface area contributed by atoms with Gasteiger partial charge in [0.1, 0.15) is 0 Å². The van der Waals surface area contributed by atoms with Gasteiger partial charge in [0.05, 0.1) is 18.6 Å². The van der Waals surface area contributed by atoms with Gasteiger partial charge >= 0.3 is 0 Å². The molecule has 0 aromatic carbocycles. The van der Waals surface area contributed by atoms with E-state index in [0.717, 1.165) is 23.6 Å². The molecule has 2 saturated carbocycles. The fraction of sp³-hybridized carbons (Fsp3) is 0.737. The molecule has 3 atom stereocenters. The largest absolute Gasteiger partial charge is 0.336 e. The molecule has 0 unspecified atom stereocenters. The smallest absolute Gasteiger partial charge is 0.256 e. The number of rotatable bonds is 1. The second-order valence-electron chi connectivity index (χ2n) is 7.84. The summed E-state index contributed by atoms with van der Waals surface area (Å²) in [6.45, 7) is 1.18. The fourth-order valence-corrected chi connectivity index (χ4v) is 5.18. The third-order valence-electron chi connectivity index (χ3n) is 6.49. The molecule has 4 rings (SSSR count). The first-order valence-electron chi connectivity index (χ1n) is 9.47. The van der Waals surface area contributed by atoms with E-state index in [1.54, 1.807) is 13.4 Å². The highest BCUT2D eigenvalue weighted by atomic mass is 16.2. The Hall–Kier alpha value is -1.65. The van der Waals surface area contributed by atoms with Crippen molar-refractivity contribution >= 4 is 5.91 Å². The summed E-state index contributed by atoms with van der Waals surface area (Å²) in [5, 5.41) is 0. The first-order valence-corrected chi connectivity index (χ1v) is 9.47. The summed E-state index contributed by atoms with van der Waals surface area (Å²) in [7, 11) is 1.73. The molecule has 2 aliphatic carbocycles. The molecular weight excluding hydrogens is 302 g/mol. The van der Waals surface area contributed by atoms with Crippen LogP contribution < -0.4 is 5.56 Å². The van der Waals surface area contributed by atoms with Crippen LogP contribution in [-0.4, -0.2) is 26.9 Å². The van der Waals surface area contributed by atoms with Crippen LogP contribution >= 0.6 is 0 Å². The molecule has 1 aromatic heterocycles. The van der Waals surface area contributed by atoms with Crippen molar-refractivity contribution in [2.75, 3.05) is 6.54 Å². The molecular formula is C19H27N3O2. The predicted octanol–water partition coefficient (Wildman–Crippen LogP) is 2.27. The fourth-order valence-electron chi connectivity index (χ4n) is 5.18. The monoisotopic (exact) mass is 329 g/mol. The van der Waals surface area contributed by atoms with E-state index in [9.17, 15) is 9.59 Å². The van der Waals surface area contributed by atoms with Crippen molar-refractivity contribution in [3.8, 4) is 0 Å². The number of amides is 1. The maximum atomic E-state index is 13.2. The Labute approximate surface area is 143 Å². The second kappa shape index (κ2) is 6.34. The molecule has 5 heteroatoms. The molecule has 130 valence electrons. The van der Waals surface area contributed by atoms with Gasteiger partial charge in [0.2, 0.25) is 5.91 Å². The van der Waals surface area contributed by atoms with Crippen LogP contribution in [0.3, 0.4) is 0 Å². The van der Waals surface area contributed by atoms with E-state index in [0.29, 0.717) is 31.3 Å². The maximum absolute atomic E-state index is 13.2. The van der Waals surface area contributed by atoms with Crippen molar-refractivity contribution in [3.63, 3.8) is 0 Å². The molecule has 5 nitrogen and oxygen atoms in total. The van der Waals surface area contributed by atoms with Gasteiger partial charge in [-0.1, -0.05) is 32.1 Å². The number of aromatic nitrogens is 2. The highest BCUT2D eigenvalue weighted by molar-refractivity contribution is 5.79. The van der Waals surface area contributed by atoms with Gasteiger partial charge in [-0.2, -0.15) is 0 Å². The zero-order valence-electron chi connectivity index (χ0n) is 14.5. The van der Waals surface area contributed by atoms with E-state index < -0.39 is 0 Å². The number of hydrogen-bond acceptors (Lipinski definition) is 3. The first kappa shape index (κ1) is 15.9. The maximum Gasteiger partial charge on any atom is 0.256 e. The second-order valence-corrected chi connectivity index (χ2v) is 7.84. The Kier molecular flexibility index (Phi) is 4.19. The molecule has 0 spiro atoms. The van der Waals surface area contributed by atoms with Crippen LogP contribution in [0.1, 0.15) is 56.2 Å². The summed E-state index contributed by atoms with van der Waals surface area (Å²) in [6, 6.07) is 0. The lowest BCUT2D eigenvalue weighted by molar-refractivity contribution is -0.141. The SMILES string of the molecule is Cn1cnc2c(c1=O)CCN(C(=O)[C@@H]1CCC[C@@H]3CCCC[C@H]31)C2. The lowest BCUT2D eigenvalue weighted by Gasteiger charge is -2.42. The van der Waals surface area contributed by atoms with Crippen LogP contribution in [0.15, 0.2) is 11.1 Å². The number of carbonyl (C=O) groups is 1. The Balaban J connectivity index is 1.53. The highest BCUT2D eigenvalue weighted by Crippen LogP contribution is 2.44. The van der Waals surface area contributed by atoms with E-state index >= 15 is 0 Å². The van der Waals surface area contributed by atoms with E-state index in [1.165, 1.54) is 43.1 Å². The number of aryl methyl sites for hydroxylation is 1. The van der Waals surface area contributed by atoms with Gasteiger partial charge < -0.3 is 9.47 Å². The zero-order valence-corrected chi connectivity index (χ0v) is 14.5. The number of fused-ring (bicyclic) bond motifs is 2. The van der Waals surface area contributed by atoms with Crippen molar-refractivity contribution in [2.45, 2.75) is 57.9 Å².